The van der Waals surface area contributed by atoms with E-state index >= 15 is 0 Å². The van der Waals surface area contributed by atoms with Crippen molar-refractivity contribution in [1.82, 2.24) is 9.55 Å². The second-order valence-electron chi connectivity index (χ2n) is 7.05. The lowest BCUT2D eigenvalue weighted by Crippen LogP contribution is -2.06. The zero-order valence-corrected chi connectivity index (χ0v) is 15.2. The van der Waals surface area contributed by atoms with E-state index in [4.69, 9.17) is 10.1 Å². The Hall–Kier alpha value is -3.41. The standard InChI is InChI=1S/C22H20N2O4/c25-20(26)12-7-14-5-8-15(9-6-14)21-23-18-13-16(22(27)28)10-11-19(18)24(21)17-3-1-2-4-17/h5-13,17H,1-4H2,(H,25,26)(H,27,28)/b12-7+. The molecule has 1 fully saturated rings. The number of carbonyl (C=O) groups is 2. The summed E-state index contributed by atoms with van der Waals surface area (Å²) in [7, 11) is 0. The largest absolute Gasteiger partial charge is 0.478 e. The van der Waals surface area contributed by atoms with Gasteiger partial charge in [-0.15, -0.1) is 0 Å². The summed E-state index contributed by atoms with van der Waals surface area (Å²) < 4.78 is 2.23. The van der Waals surface area contributed by atoms with Gasteiger partial charge in [-0.25, -0.2) is 14.6 Å². The molecule has 0 aliphatic heterocycles. The van der Waals surface area contributed by atoms with Gasteiger partial charge in [0.05, 0.1) is 16.6 Å². The molecule has 1 aliphatic carbocycles. The Labute approximate surface area is 161 Å². The van der Waals surface area contributed by atoms with Gasteiger partial charge in [0.2, 0.25) is 0 Å². The highest BCUT2D eigenvalue weighted by Crippen LogP contribution is 2.37. The molecule has 1 saturated carbocycles. The van der Waals surface area contributed by atoms with Gasteiger partial charge in [0.1, 0.15) is 5.82 Å². The summed E-state index contributed by atoms with van der Waals surface area (Å²) >= 11 is 0. The molecule has 142 valence electrons. The first-order valence-corrected chi connectivity index (χ1v) is 9.29. The Kier molecular flexibility index (Phi) is 4.69. The molecular weight excluding hydrogens is 356 g/mol. The molecule has 0 radical (unpaired) electrons. The smallest absolute Gasteiger partial charge is 0.335 e. The number of carboxylic acid groups (broad SMARTS) is 2. The van der Waals surface area contributed by atoms with Crippen LogP contribution in [0.3, 0.4) is 0 Å². The quantitative estimate of drug-likeness (QED) is 0.634. The summed E-state index contributed by atoms with van der Waals surface area (Å²) in [6.45, 7) is 0. The lowest BCUT2D eigenvalue weighted by Gasteiger charge is -2.16. The van der Waals surface area contributed by atoms with E-state index in [9.17, 15) is 14.7 Å². The molecule has 28 heavy (non-hydrogen) atoms. The zero-order chi connectivity index (χ0) is 19.7. The maximum Gasteiger partial charge on any atom is 0.335 e. The van der Waals surface area contributed by atoms with Crippen molar-refractivity contribution in [3.63, 3.8) is 0 Å². The Bertz CT molecular complexity index is 1070. The average molecular weight is 376 g/mol. The second-order valence-corrected chi connectivity index (χ2v) is 7.05. The third-order valence-electron chi connectivity index (χ3n) is 5.21. The van der Waals surface area contributed by atoms with Crippen molar-refractivity contribution in [3.8, 4) is 11.4 Å². The number of hydrogen-bond acceptors (Lipinski definition) is 3. The molecule has 0 spiro atoms. The topological polar surface area (TPSA) is 92.4 Å². The van der Waals surface area contributed by atoms with Crippen LogP contribution in [0.25, 0.3) is 28.5 Å². The Balaban J connectivity index is 1.81. The monoisotopic (exact) mass is 376 g/mol. The first-order valence-electron chi connectivity index (χ1n) is 9.29. The van der Waals surface area contributed by atoms with Crippen molar-refractivity contribution >= 4 is 29.0 Å². The van der Waals surface area contributed by atoms with Crippen LogP contribution in [0.5, 0.6) is 0 Å². The van der Waals surface area contributed by atoms with Gasteiger partial charge >= 0.3 is 11.9 Å². The molecule has 6 nitrogen and oxygen atoms in total. The predicted octanol–water partition coefficient (Wildman–Crippen LogP) is 4.61. The van der Waals surface area contributed by atoms with E-state index in [0.29, 0.717) is 11.6 Å². The molecule has 1 heterocycles. The van der Waals surface area contributed by atoms with Crippen LogP contribution in [-0.4, -0.2) is 31.7 Å². The van der Waals surface area contributed by atoms with Crippen LogP contribution in [0.1, 0.15) is 47.6 Å². The summed E-state index contributed by atoms with van der Waals surface area (Å²) in [6.07, 6.45) is 7.17. The van der Waals surface area contributed by atoms with Crippen LogP contribution in [0.2, 0.25) is 0 Å². The highest BCUT2D eigenvalue weighted by Gasteiger charge is 2.23. The molecule has 0 amide bonds. The van der Waals surface area contributed by atoms with Crippen molar-refractivity contribution in [2.75, 3.05) is 0 Å². The molecule has 2 aromatic carbocycles. The minimum absolute atomic E-state index is 0.226. The molecule has 0 unspecified atom stereocenters. The van der Waals surface area contributed by atoms with E-state index in [1.807, 2.05) is 30.3 Å². The minimum atomic E-state index is -0.985. The number of hydrogen-bond donors (Lipinski definition) is 2. The Morgan fingerprint density at radius 2 is 1.75 bits per heavy atom. The van der Waals surface area contributed by atoms with Crippen LogP contribution < -0.4 is 0 Å². The highest BCUT2D eigenvalue weighted by atomic mass is 16.4. The van der Waals surface area contributed by atoms with Gasteiger partial charge in [0, 0.05) is 17.7 Å². The van der Waals surface area contributed by atoms with Crippen molar-refractivity contribution in [1.29, 1.82) is 0 Å². The fraction of sp³-hybridized carbons (Fsp3) is 0.227. The lowest BCUT2D eigenvalue weighted by atomic mass is 10.1. The van der Waals surface area contributed by atoms with E-state index in [1.54, 1.807) is 18.2 Å². The molecule has 1 aliphatic rings. The number of nitrogens with zero attached hydrogens (tertiary/aromatic N) is 2. The fourth-order valence-corrected chi connectivity index (χ4v) is 3.88. The fourth-order valence-electron chi connectivity index (χ4n) is 3.88. The summed E-state index contributed by atoms with van der Waals surface area (Å²) in [5, 5.41) is 18.1. The number of imidazole rings is 1. The van der Waals surface area contributed by atoms with E-state index in [0.717, 1.165) is 41.4 Å². The lowest BCUT2D eigenvalue weighted by molar-refractivity contribution is -0.131. The molecule has 0 bridgehead atoms. The van der Waals surface area contributed by atoms with Crippen LogP contribution in [0.4, 0.5) is 0 Å². The molecule has 6 heteroatoms. The normalized spacial score (nSPS) is 14.9. The Morgan fingerprint density at radius 3 is 2.39 bits per heavy atom. The Morgan fingerprint density at radius 1 is 1.04 bits per heavy atom. The molecule has 1 aromatic heterocycles. The number of rotatable bonds is 5. The van der Waals surface area contributed by atoms with E-state index in [2.05, 4.69) is 4.57 Å². The molecule has 0 saturated heterocycles. The predicted molar refractivity (Wildman–Crippen MR) is 106 cm³/mol. The number of aliphatic carboxylic acids is 1. The number of aromatic nitrogens is 2. The van der Waals surface area contributed by atoms with Crippen molar-refractivity contribution in [2.45, 2.75) is 31.7 Å². The van der Waals surface area contributed by atoms with Gasteiger partial charge in [-0.1, -0.05) is 37.1 Å². The number of fused-ring (bicyclic) bond motifs is 1. The molecular formula is C22H20N2O4. The van der Waals surface area contributed by atoms with Gasteiger partial charge in [-0.2, -0.15) is 0 Å². The number of aromatic carboxylic acids is 1. The van der Waals surface area contributed by atoms with Crippen molar-refractivity contribution in [2.24, 2.45) is 0 Å². The van der Waals surface area contributed by atoms with Crippen LogP contribution >= 0.6 is 0 Å². The maximum absolute atomic E-state index is 11.3. The highest BCUT2D eigenvalue weighted by molar-refractivity contribution is 5.93. The number of carboxylic acids is 2. The van der Waals surface area contributed by atoms with Crippen molar-refractivity contribution < 1.29 is 19.8 Å². The van der Waals surface area contributed by atoms with Gasteiger partial charge in [-0.05, 0) is 42.7 Å². The van der Waals surface area contributed by atoms with Gasteiger partial charge in [0.25, 0.3) is 0 Å². The van der Waals surface area contributed by atoms with Crippen LogP contribution in [0.15, 0.2) is 48.5 Å². The van der Waals surface area contributed by atoms with Gasteiger partial charge in [-0.3, -0.25) is 0 Å². The summed E-state index contributed by atoms with van der Waals surface area (Å²) in [4.78, 5) is 26.8. The maximum atomic E-state index is 11.3. The summed E-state index contributed by atoms with van der Waals surface area (Å²) in [5.74, 6) is -1.13. The second kappa shape index (κ2) is 7.31. The number of benzene rings is 2. The third kappa shape index (κ3) is 3.41. The van der Waals surface area contributed by atoms with Crippen molar-refractivity contribution in [3.05, 3.63) is 59.7 Å². The van der Waals surface area contributed by atoms with Crippen LogP contribution in [0, 0.1) is 0 Å². The molecule has 0 atom stereocenters. The minimum Gasteiger partial charge on any atom is -0.478 e. The van der Waals surface area contributed by atoms with E-state index in [-0.39, 0.29) is 5.56 Å². The first kappa shape index (κ1) is 18.0. The summed E-state index contributed by atoms with van der Waals surface area (Å²) in [5.41, 5.74) is 3.57. The SMILES string of the molecule is O=C(O)/C=C/c1ccc(-c2nc3cc(C(=O)O)ccc3n2C2CCCC2)cc1. The van der Waals surface area contributed by atoms with E-state index < -0.39 is 11.9 Å². The molecule has 4 rings (SSSR count). The third-order valence-corrected chi connectivity index (χ3v) is 5.21. The van der Waals surface area contributed by atoms with Gasteiger partial charge < -0.3 is 14.8 Å². The van der Waals surface area contributed by atoms with E-state index in [1.165, 1.54) is 12.8 Å². The van der Waals surface area contributed by atoms with Crippen LogP contribution in [-0.2, 0) is 4.79 Å². The first-order chi connectivity index (χ1) is 13.5. The molecule has 3 aromatic rings. The summed E-state index contributed by atoms with van der Waals surface area (Å²) in [6, 6.07) is 13.0. The average Bonchev–Trinajstić information content (AvgIpc) is 3.33. The molecule has 2 N–H and O–H groups in total. The zero-order valence-electron chi connectivity index (χ0n) is 15.2. The van der Waals surface area contributed by atoms with Gasteiger partial charge in [0.15, 0.2) is 0 Å².